The first-order valence-electron chi connectivity index (χ1n) is 4.36. The molecule has 14 heavy (non-hydrogen) atoms. The summed E-state index contributed by atoms with van der Waals surface area (Å²) in [6.45, 7) is 0. The zero-order valence-corrected chi connectivity index (χ0v) is 7.59. The minimum absolute atomic E-state index is 0.158. The Morgan fingerprint density at radius 3 is 2.86 bits per heavy atom. The molecule has 0 aliphatic rings. The van der Waals surface area contributed by atoms with E-state index in [1.54, 1.807) is 31.0 Å². The van der Waals surface area contributed by atoms with Crippen LogP contribution in [0.15, 0.2) is 31.0 Å². The lowest BCUT2D eigenvalue weighted by atomic mass is 10.1. The van der Waals surface area contributed by atoms with Crippen LogP contribution in [0.25, 0.3) is 0 Å². The van der Waals surface area contributed by atoms with Crippen LogP contribution >= 0.6 is 0 Å². The standard InChI is InChI=1S/C9H11N5/c10-7(5-9-13-3-4-14-9)8-6-11-1-2-12-8/h1-4,6-7H,5,10H2,(H,13,14). The van der Waals surface area contributed by atoms with Gasteiger partial charge in [0.2, 0.25) is 0 Å². The third-order valence-electron chi connectivity index (χ3n) is 1.93. The first-order chi connectivity index (χ1) is 6.86. The molecule has 0 saturated carbocycles. The average molecular weight is 189 g/mol. The first-order valence-corrected chi connectivity index (χ1v) is 4.36. The van der Waals surface area contributed by atoms with Crippen LogP contribution in [0.5, 0.6) is 0 Å². The highest BCUT2D eigenvalue weighted by atomic mass is 14.9. The molecule has 1 atom stereocenters. The molecular weight excluding hydrogens is 178 g/mol. The van der Waals surface area contributed by atoms with Gasteiger partial charge in [-0.3, -0.25) is 9.97 Å². The molecule has 0 spiro atoms. The molecule has 0 radical (unpaired) electrons. The van der Waals surface area contributed by atoms with Crippen LogP contribution in [0.1, 0.15) is 17.6 Å². The van der Waals surface area contributed by atoms with E-state index in [-0.39, 0.29) is 6.04 Å². The number of aromatic nitrogens is 4. The maximum Gasteiger partial charge on any atom is 0.107 e. The predicted octanol–water partition coefficient (Wildman–Crippen LogP) is 0.442. The van der Waals surface area contributed by atoms with Gasteiger partial charge in [-0.25, -0.2) is 4.98 Å². The Morgan fingerprint density at radius 2 is 2.21 bits per heavy atom. The van der Waals surface area contributed by atoms with Crippen molar-refractivity contribution in [2.75, 3.05) is 0 Å². The summed E-state index contributed by atoms with van der Waals surface area (Å²) in [7, 11) is 0. The lowest BCUT2D eigenvalue weighted by molar-refractivity contribution is 0.668. The van der Waals surface area contributed by atoms with Gasteiger partial charge in [0.05, 0.1) is 11.7 Å². The predicted molar refractivity (Wildman–Crippen MR) is 51.3 cm³/mol. The number of hydrogen-bond donors (Lipinski definition) is 2. The maximum absolute atomic E-state index is 5.92. The molecule has 0 aliphatic heterocycles. The number of rotatable bonds is 3. The number of hydrogen-bond acceptors (Lipinski definition) is 4. The third kappa shape index (κ3) is 1.94. The highest BCUT2D eigenvalue weighted by Crippen LogP contribution is 2.09. The van der Waals surface area contributed by atoms with E-state index in [1.165, 1.54) is 0 Å². The van der Waals surface area contributed by atoms with Crippen molar-refractivity contribution in [3.05, 3.63) is 42.5 Å². The molecule has 3 N–H and O–H groups in total. The average Bonchev–Trinajstić information content (AvgIpc) is 2.72. The van der Waals surface area contributed by atoms with Crippen LogP contribution in [0.2, 0.25) is 0 Å². The van der Waals surface area contributed by atoms with E-state index in [0.717, 1.165) is 11.5 Å². The van der Waals surface area contributed by atoms with Crippen molar-refractivity contribution in [3.63, 3.8) is 0 Å². The minimum atomic E-state index is -0.158. The molecule has 1 unspecified atom stereocenters. The van der Waals surface area contributed by atoms with Gasteiger partial charge < -0.3 is 10.7 Å². The largest absolute Gasteiger partial charge is 0.349 e. The van der Waals surface area contributed by atoms with Crippen LogP contribution < -0.4 is 5.73 Å². The number of nitrogens with two attached hydrogens (primary N) is 1. The Labute approximate surface area is 81.4 Å². The second-order valence-corrected chi connectivity index (χ2v) is 2.98. The molecule has 0 aromatic carbocycles. The van der Waals surface area contributed by atoms with Crippen LogP contribution in [0.4, 0.5) is 0 Å². The fraction of sp³-hybridized carbons (Fsp3) is 0.222. The quantitative estimate of drug-likeness (QED) is 0.734. The second-order valence-electron chi connectivity index (χ2n) is 2.98. The van der Waals surface area contributed by atoms with E-state index in [2.05, 4.69) is 19.9 Å². The second kappa shape index (κ2) is 3.97. The van der Waals surface area contributed by atoms with Crippen molar-refractivity contribution >= 4 is 0 Å². The van der Waals surface area contributed by atoms with Crippen molar-refractivity contribution in [1.29, 1.82) is 0 Å². The van der Waals surface area contributed by atoms with Crippen molar-refractivity contribution in [3.8, 4) is 0 Å². The van der Waals surface area contributed by atoms with Gasteiger partial charge in [-0.1, -0.05) is 0 Å². The zero-order valence-electron chi connectivity index (χ0n) is 7.59. The number of nitrogens with one attached hydrogen (secondary N) is 1. The van der Waals surface area contributed by atoms with Crippen molar-refractivity contribution in [2.45, 2.75) is 12.5 Å². The monoisotopic (exact) mass is 189 g/mol. The van der Waals surface area contributed by atoms with Gasteiger partial charge >= 0.3 is 0 Å². The van der Waals surface area contributed by atoms with Gasteiger partial charge in [-0.15, -0.1) is 0 Å². The summed E-state index contributed by atoms with van der Waals surface area (Å²) in [5, 5.41) is 0. The Hall–Kier alpha value is -1.75. The highest BCUT2D eigenvalue weighted by Gasteiger charge is 2.09. The summed E-state index contributed by atoms with van der Waals surface area (Å²) in [4.78, 5) is 15.2. The minimum Gasteiger partial charge on any atom is -0.349 e. The number of imidazole rings is 1. The number of aromatic amines is 1. The Balaban J connectivity index is 2.07. The van der Waals surface area contributed by atoms with Gasteiger partial charge in [0.1, 0.15) is 5.82 Å². The van der Waals surface area contributed by atoms with E-state index in [4.69, 9.17) is 5.73 Å². The summed E-state index contributed by atoms with van der Waals surface area (Å²) < 4.78 is 0. The Bertz CT molecular complexity index is 369. The number of H-pyrrole nitrogens is 1. The molecule has 5 heteroatoms. The lowest BCUT2D eigenvalue weighted by Crippen LogP contribution is -2.15. The molecule has 0 saturated heterocycles. The van der Waals surface area contributed by atoms with Gasteiger partial charge in [0.15, 0.2) is 0 Å². The fourth-order valence-corrected chi connectivity index (χ4v) is 1.22. The van der Waals surface area contributed by atoms with Crippen LogP contribution in [0.3, 0.4) is 0 Å². The molecule has 2 heterocycles. The summed E-state index contributed by atoms with van der Waals surface area (Å²) in [5.74, 6) is 0.864. The molecule has 2 aromatic rings. The van der Waals surface area contributed by atoms with E-state index in [1.807, 2.05) is 0 Å². The van der Waals surface area contributed by atoms with Gasteiger partial charge in [0.25, 0.3) is 0 Å². The zero-order chi connectivity index (χ0) is 9.80. The molecule has 0 bridgehead atoms. The normalized spacial score (nSPS) is 12.6. The van der Waals surface area contributed by atoms with E-state index in [9.17, 15) is 0 Å². The lowest BCUT2D eigenvalue weighted by Gasteiger charge is -2.07. The van der Waals surface area contributed by atoms with E-state index >= 15 is 0 Å². The fourth-order valence-electron chi connectivity index (χ4n) is 1.22. The van der Waals surface area contributed by atoms with Crippen LogP contribution in [0, 0.1) is 0 Å². The number of nitrogens with zero attached hydrogens (tertiary/aromatic N) is 3. The SMILES string of the molecule is NC(Cc1ncc[nH]1)c1cnccn1. The van der Waals surface area contributed by atoms with Crippen molar-refractivity contribution in [1.82, 2.24) is 19.9 Å². The molecular formula is C9H11N5. The molecule has 5 nitrogen and oxygen atoms in total. The first kappa shape index (κ1) is 8.83. The Kier molecular flexibility index (Phi) is 2.51. The topological polar surface area (TPSA) is 80.5 Å². The summed E-state index contributed by atoms with van der Waals surface area (Å²) >= 11 is 0. The van der Waals surface area contributed by atoms with Gasteiger partial charge in [-0.2, -0.15) is 0 Å². The summed E-state index contributed by atoms with van der Waals surface area (Å²) in [5.41, 5.74) is 6.71. The molecule has 2 rings (SSSR count). The smallest absolute Gasteiger partial charge is 0.107 e. The van der Waals surface area contributed by atoms with E-state index in [0.29, 0.717) is 6.42 Å². The van der Waals surface area contributed by atoms with E-state index < -0.39 is 0 Å². The van der Waals surface area contributed by atoms with Crippen LogP contribution in [-0.2, 0) is 6.42 Å². The summed E-state index contributed by atoms with van der Waals surface area (Å²) in [6.07, 6.45) is 9.07. The van der Waals surface area contributed by atoms with Gasteiger partial charge in [0, 0.05) is 37.4 Å². The molecule has 0 aliphatic carbocycles. The van der Waals surface area contributed by atoms with Crippen molar-refractivity contribution in [2.24, 2.45) is 5.73 Å². The Morgan fingerprint density at radius 1 is 1.29 bits per heavy atom. The highest BCUT2D eigenvalue weighted by molar-refractivity contribution is 5.04. The molecule has 2 aromatic heterocycles. The summed E-state index contributed by atoms with van der Waals surface area (Å²) in [6, 6.07) is -0.158. The molecule has 0 amide bonds. The molecule has 0 fully saturated rings. The van der Waals surface area contributed by atoms with Gasteiger partial charge in [-0.05, 0) is 0 Å². The molecule has 72 valence electrons. The third-order valence-corrected chi connectivity index (χ3v) is 1.93. The maximum atomic E-state index is 5.92. The van der Waals surface area contributed by atoms with Crippen LogP contribution in [-0.4, -0.2) is 19.9 Å². The van der Waals surface area contributed by atoms with Crippen molar-refractivity contribution < 1.29 is 0 Å².